The lowest BCUT2D eigenvalue weighted by Gasteiger charge is -2.22. The predicted octanol–water partition coefficient (Wildman–Crippen LogP) is 4.17. The van der Waals surface area contributed by atoms with E-state index in [0.717, 1.165) is 43.7 Å². The van der Waals surface area contributed by atoms with Crippen molar-refractivity contribution in [2.24, 2.45) is 0 Å². The summed E-state index contributed by atoms with van der Waals surface area (Å²) >= 11 is 0. The number of hydrogen-bond acceptors (Lipinski definition) is 4. The van der Waals surface area contributed by atoms with E-state index in [1.54, 1.807) is 6.26 Å². The molecule has 2 heterocycles. The van der Waals surface area contributed by atoms with E-state index in [1.165, 1.54) is 5.56 Å². The van der Waals surface area contributed by atoms with E-state index in [1.807, 2.05) is 65.6 Å². The van der Waals surface area contributed by atoms with Crippen molar-refractivity contribution in [2.75, 3.05) is 26.2 Å². The van der Waals surface area contributed by atoms with E-state index >= 15 is 0 Å². The van der Waals surface area contributed by atoms with Gasteiger partial charge >= 0.3 is 0 Å². The topological polar surface area (TPSA) is 60.5 Å². The lowest BCUT2D eigenvalue weighted by Crippen LogP contribution is -2.35. The second-order valence-corrected chi connectivity index (χ2v) is 7.26. The van der Waals surface area contributed by atoms with Gasteiger partial charge in [-0.1, -0.05) is 42.5 Å². The quantitative estimate of drug-likeness (QED) is 0.676. The smallest absolute Gasteiger partial charge is 0.290 e. The zero-order valence-electron chi connectivity index (χ0n) is 16.3. The van der Waals surface area contributed by atoms with Crippen molar-refractivity contribution < 1.29 is 9.21 Å². The van der Waals surface area contributed by atoms with Gasteiger partial charge in [0, 0.05) is 38.3 Å². The van der Waals surface area contributed by atoms with Gasteiger partial charge in [0.05, 0.1) is 17.9 Å². The minimum Gasteiger partial charge on any atom is -0.459 e. The third kappa shape index (κ3) is 4.39. The Morgan fingerprint density at radius 3 is 2.52 bits per heavy atom. The van der Waals surface area contributed by atoms with Gasteiger partial charge in [-0.15, -0.1) is 0 Å². The van der Waals surface area contributed by atoms with Crippen LogP contribution < -0.4 is 0 Å². The predicted molar refractivity (Wildman–Crippen MR) is 111 cm³/mol. The molecule has 1 aliphatic rings. The van der Waals surface area contributed by atoms with Gasteiger partial charge < -0.3 is 9.32 Å². The summed E-state index contributed by atoms with van der Waals surface area (Å²) in [6.07, 6.45) is 2.51. The van der Waals surface area contributed by atoms with Crippen molar-refractivity contribution in [3.63, 3.8) is 0 Å². The molecule has 1 amide bonds. The summed E-state index contributed by atoms with van der Waals surface area (Å²) in [6, 6.07) is 21.6. The molecule has 1 aliphatic heterocycles. The van der Waals surface area contributed by atoms with Gasteiger partial charge in [0.15, 0.2) is 5.76 Å². The third-order valence-electron chi connectivity index (χ3n) is 5.31. The Kier molecular flexibility index (Phi) is 5.73. The van der Waals surface area contributed by atoms with Gasteiger partial charge in [0.2, 0.25) is 0 Å². The summed E-state index contributed by atoms with van der Waals surface area (Å²) in [4.78, 5) is 17.4. The molecule has 3 aromatic rings. The minimum atomic E-state index is -0.0472. The van der Waals surface area contributed by atoms with Crippen LogP contribution >= 0.6 is 0 Å². The average Bonchev–Trinajstić information content (AvgIpc) is 3.15. The maximum atomic E-state index is 13.1. The van der Waals surface area contributed by atoms with Crippen LogP contribution in [-0.4, -0.2) is 41.9 Å². The molecule has 1 aromatic heterocycles. The third-order valence-corrected chi connectivity index (χ3v) is 5.31. The number of amides is 1. The summed E-state index contributed by atoms with van der Waals surface area (Å²) in [6.45, 7) is 3.96. The molecule has 4 rings (SSSR count). The molecule has 0 saturated carbocycles. The van der Waals surface area contributed by atoms with Crippen LogP contribution in [0.15, 0.2) is 71.3 Å². The van der Waals surface area contributed by atoms with Crippen molar-refractivity contribution >= 4 is 5.91 Å². The summed E-state index contributed by atoms with van der Waals surface area (Å²) < 4.78 is 5.59. The van der Waals surface area contributed by atoms with Crippen molar-refractivity contribution in [3.05, 3.63) is 83.8 Å². The highest BCUT2D eigenvalue weighted by atomic mass is 16.3. The lowest BCUT2D eigenvalue weighted by atomic mass is 10.1. The number of hydrogen-bond donors (Lipinski definition) is 0. The highest BCUT2D eigenvalue weighted by Gasteiger charge is 2.25. The Balaban J connectivity index is 1.42. The first-order valence-electron chi connectivity index (χ1n) is 9.88. The second-order valence-electron chi connectivity index (χ2n) is 7.26. The Hall–Kier alpha value is -3.36. The van der Waals surface area contributed by atoms with Crippen molar-refractivity contribution in [2.45, 2.75) is 13.0 Å². The number of furan rings is 1. The van der Waals surface area contributed by atoms with E-state index < -0.39 is 0 Å². The van der Waals surface area contributed by atoms with Crippen molar-refractivity contribution in [1.29, 1.82) is 5.26 Å². The monoisotopic (exact) mass is 385 g/mol. The highest BCUT2D eigenvalue weighted by Crippen LogP contribution is 2.26. The molecule has 0 spiro atoms. The van der Waals surface area contributed by atoms with E-state index in [9.17, 15) is 4.79 Å². The molecule has 5 heteroatoms. The number of nitriles is 1. The van der Waals surface area contributed by atoms with Crippen LogP contribution in [0.5, 0.6) is 0 Å². The molecule has 146 valence electrons. The fraction of sp³-hybridized carbons (Fsp3) is 0.250. The standard InChI is InChI=1S/C24H23N3O2/c25-17-19-7-9-20(10-8-19)18-26-12-4-13-27(15-14-26)24(28)23-22(11-16-29-23)21-5-2-1-3-6-21/h1-3,5-11,16H,4,12-15,18H2. The summed E-state index contributed by atoms with van der Waals surface area (Å²) in [5.41, 5.74) is 3.69. The normalized spacial score (nSPS) is 14.9. The van der Waals surface area contributed by atoms with Gasteiger partial charge in [-0.25, -0.2) is 0 Å². The van der Waals surface area contributed by atoms with Crippen LogP contribution in [0.2, 0.25) is 0 Å². The highest BCUT2D eigenvalue weighted by molar-refractivity contribution is 5.98. The number of carbonyl (C=O) groups is 1. The van der Waals surface area contributed by atoms with Crippen molar-refractivity contribution in [3.8, 4) is 17.2 Å². The minimum absolute atomic E-state index is 0.0472. The fourth-order valence-corrected chi connectivity index (χ4v) is 3.74. The molecule has 1 saturated heterocycles. The van der Waals surface area contributed by atoms with E-state index in [4.69, 9.17) is 9.68 Å². The molecular weight excluding hydrogens is 362 g/mol. The maximum Gasteiger partial charge on any atom is 0.290 e. The molecule has 5 nitrogen and oxygen atoms in total. The van der Waals surface area contributed by atoms with E-state index in [2.05, 4.69) is 11.0 Å². The SMILES string of the molecule is N#Cc1ccc(CN2CCCN(C(=O)c3occc3-c3ccccc3)CC2)cc1. The van der Waals surface area contributed by atoms with E-state index in [-0.39, 0.29) is 5.91 Å². The van der Waals surface area contributed by atoms with Crippen LogP contribution in [0, 0.1) is 11.3 Å². The summed E-state index contributed by atoms with van der Waals surface area (Å²) in [5.74, 6) is 0.366. The molecule has 29 heavy (non-hydrogen) atoms. The van der Waals surface area contributed by atoms with Gasteiger partial charge in [-0.2, -0.15) is 5.26 Å². The van der Waals surface area contributed by atoms with E-state index in [0.29, 0.717) is 17.9 Å². The molecule has 0 unspecified atom stereocenters. The Labute approximate surface area is 170 Å². The molecule has 0 atom stereocenters. The van der Waals surface area contributed by atoms with Gasteiger partial charge in [0.1, 0.15) is 0 Å². The molecule has 1 fully saturated rings. The van der Waals surface area contributed by atoms with Gasteiger partial charge in [-0.3, -0.25) is 9.69 Å². The molecule has 2 aromatic carbocycles. The average molecular weight is 385 g/mol. The maximum absolute atomic E-state index is 13.1. The Morgan fingerprint density at radius 2 is 1.76 bits per heavy atom. The van der Waals surface area contributed by atoms with Crippen LogP contribution in [0.4, 0.5) is 0 Å². The first kappa shape index (κ1) is 19.0. The van der Waals surface area contributed by atoms with Crippen LogP contribution in [0.25, 0.3) is 11.1 Å². The Morgan fingerprint density at radius 1 is 0.966 bits per heavy atom. The molecule has 0 N–H and O–H groups in total. The first-order chi connectivity index (χ1) is 14.2. The van der Waals surface area contributed by atoms with Gasteiger partial charge in [0.25, 0.3) is 5.91 Å². The largest absolute Gasteiger partial charge is 0.459 e. The summed E-state index contributed by atoms with van der Waals surface area (Å²) in [7, 11) is 0. The molecular formula is C24H23N3O2. The molecule has 0 radical (unpaired) electrons. The van der Waals surface area contributed by atoms with Crippen LogP contribution in [0.3, 0.4) is 0 Å². The fourth-order valence-electron chi connectivity index (χ4n) is 3.74. The van der Waals surface area contributed by atoms with Crippen LogP contribution in [-0.2, 0) is 6.54 Å². The number of carbonyl (C=O) groups excluding carboxylic acids is 1. The number of nitrogens with zero attached hydrogens (tertiary/aromatic N) is 3. The van der Waals surface area contributed by atoms with Crippen molar-refractivity contribution in [1.82, 2.24) is 9.80 Å². The Bertz CT molecular complexity index is 1000. The summed E-state index contributed by atoms with van der Waals surface area (Å²) in [5, 5.41) is 8.93. The van der Waals surface area contributed by atoms with Crippen LogP contribution in [0.1, 0.15) is 28.1 Å². The zero-order valence-corrected chi connectivity index (χ0v) is 16.3. The lowest BCUT2D eigenvalue weighted by molar-refractivity contribution is 0.0730. The van der Waals surface area contributed by atoms with Gasteiger partial charge in [-0.05, 0) is 35.7 Å². The molecule has 0 bridgehead atoms. The zero-order chi connectivity index (χ0) is 20.1. The second kappa shape index (κ2) is 8.76. The first-order valence-corrected chi connectivity index (χ1v) is 9.88. The number of rotatable bonds is 4. The molecule has 0 aliphatic carbocycles. The number of benzene rings is 2.